The second kappa shape index (κ2) is 8.89. The van der Waals surface area contributed by atoms with Gasteiger partial charge in [-0.05, 0) is 25.3 Å². The van der Waals surface area contributed by atoms with Gasteiger partial charge in [-0.1, -0.05) is 6.92 Å². The number of pyridine rings is 1. The minimum absolute atomic E-state index is 0.0378. The minimum Gasteiger partial charge on any atom is -0.357 e. The highest BCUT2D eigenvalue weighted by Gasteiger charge is 2.37. The molecule has 0 amide bonds. The lowest BCUT2D eigenvalue weighted by Crippen LogP contribution is -2.47. The van der Waals surface area contributed by atoms with E-state index in [-0.39, 0.29) is 28.8 Å². The lowest BCUT2D eigenvalue weighted by atomic mass is 9.95. The number of nitrogens with one attached hydrogen (secondary N) is 2. The molecule has 0 bridgehead atoms. The first-order valence-corrected chi connectivity index (χ1v) is 11.6. The van der Waals surface area contributed by atoms with Crippen molar-refractivity contribution >= 4 is 32.7 Å². The van der Waals surface area contributed by atoms with Crippen molar-refractivity contribution < 1.29 is 30.4 Å². The van der Waals surface area contributed by atoms with E-state index in [1.165, 1.54) is 10.5 Å². The number of fused-ring (bicyclic) bond motifs is 1. The van der Waals surface area contributed by atoms with Gasteiger partial charge in [0.05, 0.1) is 6.26 Å². The second-order valence-electron chi connectivity index (χ2n) is 7.87. The Kier molecular flexibility index (Phi) is 6.75. The fraction of sp³-hybridized carbons (Fsp3) is 0.611. The van der Waals surface area contributed by atoms with Crippen LogP contribution in [0.1, 0.15) is 32.4 Å². The monoisotopic (exact) mass is 482 g/mol. The zero-order chi connectivity index (χ0) is 23.8. The Morgan fingerprint density at radius 1 is 1.25 bits per heavy atom. The molecule has 2 aromatic heterocycles. The van der Waals surface area contributed by atoms with Gasteiger partial charge in [-0.15, -0.1) is 0 Å². The van der Waals surface area contributed by atoms with Crippen LogP contribution in [0.2, 0.25) is 0 Å². The summed E-state index contributed by atoms with van der Waals surface area (Å²) in [6.07, 6.45) is -4.77. The Hall–Kier alpha value is -2.35. The molecule has 0 aromatic carbocycles. The van der Waals surface area contributed by atoms with Gasteiger partial charge in [-0.2, -0.15) is 13.2 Å². The van der Waals surface area contributed by atoms with Crippen LogP contribution in [0.4, 0.5) is 33.7 Å². The first kappa shape index (κ1) is 24.3. The molecule has 1 aliphatic heterocycles. The van der Waals surface area contributed by atoms with Crippen LogP contribution in [-0.2, 0) is 10.0 Å². The van der Waals surface area contributed by atoms with Crippen LogP contribution in [-0.4, -0.2) is 65.3 Å². The molecule has 0 spiro atoms. The molecular formula is C18H23F5N6O2S. The smallest absolute Gasteiger partial charge is 0.357 e. The van der Waals surface area contributed by atoms with Crippen LogP contribution >= 0.6 is 0 Å². The van der Waals surface area contributed by atoms with E-state index in [1.807, 2.05) is 6.92 Å². The summed E-state index contributed by atoms with van der Waals surface area (Å²) in [6.45, 7) is 3.29. The molecule has 2 aromatic rings. The van der Waals surface area contributed by atoms with Crippen LogP contribution < -0.4 is 10.6 Å². The normalized spacial score (nSPS) is 21.7. The summed E-state index contributed by atoms with van der Waals surface area (Å²) >= 11 is 0. The van der Waals surface area contributed by atoms with Crippen LogP contribution in [0, 0.1) is 5.92 Å². The molecule has 178 valence electrons. The van der Waals surface area contributed by atoms with Crippen molar-refractivity contribution in [1.82, 2.24) is 19.3 Å². The third-order valence-corrected chi connectivity index (χ3v) is 6.57. The summed E-state index contributed by atoms with van der Waals surface area (Å²) < 4.78 is 90.3. The molecule has 3 rings (SSSR count). The fourth-order valence-corrected chi connectivity index (χ4v) is 4.36. The van der Waals surface area contributed by atoms with E-state index in [9.17, 15) is 30.4 Å². The molecule has 0 radical (unpaired) electrons. The zero-order valence-electron chi connectivity index (χ0n) is 17.5. The predicted octanol–water partition coefficient (Wildman–Crippen LogP) is 3.41. The third kappa shape index (κ3) is 5.52. The molecule has 0 aliphatic carbocycles. The third-order valence-electron chi connectivity index (χ3n) is 5.30. The maximum atomic E-state index is 13.2. The van der Waals surface area contributed by atoms with Gasteiger partial charge in [-0.3, -0.25) is 0 Å². The summed E-state index contributed by atoms with van der Waals surface area (Å²) in [7, 11) is -3.32. The van der Waals surface area contributed by atoms with E-state index >= 15 is 0 Å². The Morgan fingerprint density at radius 2 is 1.94 bits per heavy atom. The highest BCUT2D eigenvalue weighted by atomic mass is 32.2. The number of hydrogen-bond acceptors (Lipinski definition) is 7. The molecule has 1 aliphatic rings. The van der Waals surface area contributed by atoms with Crippen molar-refractivity contribution in [3.8, 4) is 0 Å². The lowest BCUT2D eigenvalue weighted by molar-refractivity contribution is -0.138. The van der Waals surface area contributed by atoms with Gasteiger partial charge in [0.2, 0.25) is 16.0 Å². The first-order valence-electron chi connectivity index (χ1n) is 9.76. The molecule has 3 atom stereocenters. The minimum atomic E-state index is -4.62. The Morgan fingerprint density at radius 3 is 2.50 bits per heavy atom. The van der Waals surface area contributed by atoms with Crippen LogP contribution in [0.25, 0.3) is 10.9 Å². The van der Waals surface area contributed by atoms with Gasteiger partial charge in [0.25, 0.3) is 6.43 Å². The molecule has 0 saturated carbocycles. The van der Waals surface area contributed by atoms with Crippen molar-refractivity contribution in [3.05, 3.63) is 18.0 Å². The number of hydrogen-bond donors (Lipinski definition) is 2. The van der Waals surface area contributed by atoms with Gasteiger partial charge in [0, 0.05) is 30.7 Å². The van der Waals surface area contributed by atoms with Gasteiger partial charge in [-0.25, -0.2) is 36.5 Å². The summed E-state index contributed by atoms with van der Waals surface area (Å²) in [5.41, 5.74) is -0.732. The standard InChI is InChI=1S/C18H23F5N6O2S/c1-9-8-29(32(3,30)31)5-4-12(9)27-17-24-7-11-6-13(15(19)20)26-16(14(11)28-17)25-10(2)18(21,22)23/h6-7,9-10,12,15H,4-5,8H2,1-3H3,(H,25,26)(H,24,27,28)/t9-,10?,12+/m1/s1. The molecule has 1 saturated heterocycles. The molecular weight excluding hydrogens is 459 g/mol. The van der Waals surface area contributed by atoms with Crippen LogP contribution in [0.5, 0.6) is 0 Å². The summed E-state index contributed by atoms with van der Waals surface area (Å²) in [6, 6.07) is -1.21. The molecule has 2 N–H and O–H groups in total. The van der Waals surface area contributed by atoms with E-state index in [1.54, 1.807) is 0 Å². The van der Waals surface area contributed by atoms with Crippen molar-refractivity contribution in [2.45, 2.75) is 45.0 Å². The second-order valence-corrected chi connectivity index (χ2v) is 9.86. The number of alkyl halides is 5. The van der Waals surface area contributed by atoms with Crippen molar-refractivity contribution in [1.29, 1.82) is 0 Å². The average Bonchev–Trinajstić information content (AvgIpc) is 2.68. The van der Waals surface area contributed by atoms with E-state index in [4.69, 9.17) is 0 Å². The van der Waals surface area contributed by atoms with Crippen LogP contribution in [0.3, 0.4) is 0 Å². The summed E-state index contributed by atoms with van der Waals surface area (Å²) in [5, 5.41) is 5.30. The molecule has 1 unspecified atom stereocenters. The van der Waals surface area contributed by atoms with Gasteiger partial charge in [0.15, 0.2) is 5.82 Å². The fourth-order valence-electron chi connectivity index (χ4n) is 3.42. The highest BCUT2D eigenvalue weighted by molar-refractivity contribution is 7.88. The largest absolute Gasteiger partial charge is 0.408 e. The topological polar surface area (TPSA) is 100 Å². The molecule has 3 heterocycles. The maximum Gasteiger partial charge on any atom is 0.408 e. The Labute approximate surface area is 181 Å². The lowest BCUT2D eigenvalue weighted by Gasteiger charge is -2.35. The van der Waals surface area contributed by atoms with Crippen molar-refractivity contribution in [2.24, 2.45) is 5.92 Å². The molecule has 14 heteroatoms. The molecule has 1 fully saturated rings. The zero-order valence-corrected chi connectivity index (χ0v) is 18.3. The number of rotatable bonds is 6. The summed E-state index contributed by atoms with van der Waals surface area (Å²) in [5.74, 6) is -0.440. The molecule has 8 nitrogen and oxygen atoms in total. The van der Waals surface area contributed by atoms with Gasteiger partial charge < -0.3 is 10.6 Å². The number of halogens is 5. The average molecular weight is 482 g/mol. The Balaban J connectivity index is 1.90. The van der Waals surface area contributed by atoms with Gasteiger partial charge >= 0.3 is 6.18 Å². The van der Waals surface area contributed by atoms with Crippen LogP contribution in [0.15, 0.2) is 12.3 Å². The number of aromatic nitrogens is 3. The van der Waals surface area contributed by atoms with Crippen molar-refractivity contribution in [3.63, 3.8) is 0 Å². The summed E-state index contributed by atoms with van der Waals surface area (Å²) in [4.78, 5) is 12.0. The predicted molar refractivity (Wildman–Crippen MR) is 109 cm³/mol. The molecule has 32 heavy (non-hydrogen) atoms. The number of nitrogens with zero attached hydrogens (tertiary/aromatic N) is 4. The number of anilines is 2. The van der Waals surface area contributed by atoms with E-state index in [2.05, 4.69) is 25.6 Å². The van der Waals surface area contributed by atoms with E-state index in [0.717, 1.165) is 19.2 Å². The highest BCUT2D eigenvalue weighted by Crippen LogP contribution is 2.30. The quantitative estimate of drug-likeness (QED) is 0.609. The number of piperidine rings is 1. The first-order chi connectivity index (χ1) is 14.8. The number of sulfonamides is 1. The SMILES string of the molecule is CC(Nc1nc(C(F)F)cc2cnc(N[C@H]3CCN(S(C)(=O)=O)C[C@H]3C)nc12)C(F)(F)F. The maximum absolute atomic E-state index is 13.2. The van der Waals surface area contributed by atoms with Gasteiger partial charge in [0.1, 0.15) is 17.3 Å². The van der Waals surface area contributed by atoms with E-state index in [0.29, 0.717) is 19.5 Å². The van der Waals surface area contributed by atoms with E-state index < -0.39 is 40.2 Å². The Bertz CT molecular complexity index is 1080. The van der Waals surface area contributed by atoms with Crippen molar-refractivity contribution in [2.75, 3.05) is 30.0 Å².